The first-order valence-electron chi connectivity index (χ1n) is 16.6. The van der Waals surface area contributed by atoms with Gasteiger partial charge in [0.1, 0.15) is 30.3 Å². The fraction of sp³-hybridized carbons (Fsp3) is 0.368. The number of fused-ring (bicyclic) bond motifs is 4. The number of aliphatic hydroxyl groups excluding tert-OH is 1. The summed E-state index contributed by atoms with van der Waals surface area (Å²) in [6.07, 6.45) is 3.92. The zero-order valence-electron chi connectivity index (χ0n) is 28.4. The molecule has 0 spiro atoms. The highest BCUT2D eigenvalue weighted by molar-refractivity contribution is 6.74. The quantitative estimate of drug-likeness (QED) is 0.149. The van der Waals surface area contributed by atoms with Crippen molar-refractivity contribution < 1.29 is 33.1 Å². The first kappa shape index (κ1) is 32.9. The number of aromatic nitrogens is 2. The third-order valence-electron chi connectivity index (χ3n) is 10.7. The minimum Gasteiger partial charge on any atom is -0.507 e. The van der Waals surface area contributed by atoms with Crippen LogP contribution in [-0.4, -0.2) is 40.7 Å². The van der Waals surface area contributed by atoms with Crippen molar-refractivity contribution in [1.82, 2.24) is 10.1 Å². The maximum atomic E-state index is 15.3. The molecule has 2 aromatic heterocycles. The number of carbonyl (C=O) groups is 2. The number of nitrogens with two attached hydrogens (primary N) is 1. The molecule has 0 saturated heterocycles. The summed E-state index contributed by atoms with van der Waals surface area (Å²) in [6.45, 7) is 10.5. The number of Topliss-reactive ketones (excluding diaryl/α,β-unsaturated/α-hetero) is 2. The molecule has 1 unspecified atom stereocenters. The van der Waals surface area contributed by atoms with Crippen molar-refractivity contribution in [3.63, 3.8) is 0 Å². The van der Waals surface area contributed by atoms with Gasteiger partial charge in [-0.15, -0.1) is 0 Å². The van der Waals surface area contributed by atoms with Crippen LogP contribution in [0.15, 0.2) is 83.2 Å². The van der Waals surface area contributed by atoms with Crippen LogP contribution in [0.25, 0.3) is 5.76 Å². The monoisotopic (exact) mass is 679 g/mol. The topological polar surface area (TPSA) is 147 Å². The predicted octanol–water partition coefficient (Wildman–Crippen LogP) is 6.91. The number of hydrogen-bond acceptors (Lipinski definition) is 10. The van der Waals surface area contributed by atoms with E-state index in [0.29, 0.717) is 24.2 Å². The van der Waals surface area contributed by atoms with Crippen molar-refractivity contribution in [3.05, 3.63) is 112 Å². The number of ketones is 2. The average molecular weight is 680 g/mol. The van der Waals surface area contributed by atoms with Gasteiger partial charge in [0.25, 0.3) is 5.88 Å². The van der Waals surface area contributed by atoms with Gasteiger partial charge in [-0.05, 0) is 58.7 Å². The standard InChI is InChI=1S/C38H41N3O7Si/c1-37(2,3)49(4,5)48-38-26(31(39)33-30(35(38)44)36(41-47-33)46-21-23-14-10-7-11-15-23)17-24-16-25-18-40-19-27(28(25)32(42)29(24)34(38)43)45-20-22-12-8-6-9-13-22/h6-15,18-19,24,26,31,42H,16-17,20-21,39H2,1-5H3/t24-,26-,31-,38?/m0/s1. The molecule has 0 bridgehead atoms. The van der Waals surface area contributed by atoms with Gasteiger partial charge in [0, 0.05) is 17.7 Å². The van der Waals surface area contributed by atoms with Crippen LogP contribution in [0.4, 0.5) is 0 Å². The molecule has 4 aromatic rings. The fourth-order valence-corrected chi connectivity index (χ4v) is 8.54. The maximum absolute atomic E-state index is 15.3. The van der Waals surface area contributed by atoms with Crippen molar-refractivity contribution in [2.45, 2.75) is 76.6 Å². The minimum absolute atomic E-state index is 0.0116. The van der Waals surface area contributed by atoms with Crippen molar-refractivity contribution in [2.24, 2.45) is 17.6 Å². The van der Waals surface area contributed by atoms with E-state index < -0.39 is 43.4 Å². The van der Waals surface area contributed by atoms with Crippen LogP contribution in [0.5, 0.6) is 11.6 Å². The van der Waals surface area contributed by atoms with Crippen molar-refractivity contribution in [1.29, 1.82) is 0 Å². The Kier molecular flexibility index (Phi) is 8.12. The molecule has 0 radical (unpaired) electrons. The van der Waals surface area contributed by atoms with E-state index >= 15 is 9.59 Å². The third kappa shape index (κ3) is 5.40. The lowest BCUT2D eigenvalue weighted by molar-refractivity contribution is -0.138. The lowest BCUT2D eigenvalue weighted by atomic mass is 9.57. The first-order valence-corrected chi connectivity index (χ1v) is 19.5. The second-order valence-electron chi connectivity index (χ2n) is 14.7. The van der Waals surface area contributed by atoms with E-state index in [1.54, 1.807) is 12.4 Å². The van der Waals surface area contributed by atoms with Crippen LogP contribution in [0, 0.1) is 11.8 Å². The van der Waals surface area contributed by atoms with E-state index in [4.69, 9.17) is 24.2 Å². The number of nitrogens with zero attached hydrogens (tertiary/aromatic N) is 2. The van der Waals surface area contributed by atoms with Crippen molar-refractivity contribution >= 4 is 25.6 Å². The van der Waals surface area contributed by atoms with E-state index in [2.05, 4.69) is 10.1 Å². The minimum atomic E-state index is -2.85. The average Bonchev–Trinajstić information content (AvgIpc) is 3.51. The smallest absolute Gasteiger partial charge is 0.265 e. The number of aliphatic hydroxyl groups is 1. The predicted molar refractivity (Wildman–Crippen MR) is 184 cm³/mol. The number of rotatable bonds is 8. The van der Waals surface area contributed by atoms with Gasteiger partial charge < -0.3 is 29.3 Å². The lowest BCUT2D eigenvalue weighted by Crippen LogP contribution is -2.68. The van der Waals surface area contributed by atoms with E-state index in [0.717, 1.165) is 16.7 Å². The summed E-state index contributed by atoms with van der Waals surface area (Å²) in [5.41, 5.74) is 8.04. The third-order valence-corrected chi connectivity index (χ3v) is 15.1. The molecule has 4 atom stereocenters. The zero-order chi connectivity index (χ0) is 34.7. The molecule has 254 valence electrons. The second kappa shape index (κ2) is 12.1. The summed E-state index contributed by atoms with van der Waals surface area (Å²) in [6, 6.07) is 18.2. The van der Waals surface area contributed by atoms with Gasteiger partial charge in [-0.1, -0.05) is 81.4 Å². The summed E-state index contributed by atoms with van der Waals surface area (Å²) in [4.78, 5) is 34.7. The van der Waals surface area contributed by atoms with Crippen LogP contribution in [0.3, 0.4) is 0 Å². The van der Waals surface area contributed by atoms with Gasteiger partial charge in [-0.3, -0.25) is 14.6 Å². The molecular weight excluding hydrogens is 639 g/mol. The van der Waals surface area contributed by atoms with Crippen LogP contribution in [-0.2, 0) is 28.9 Å². The first-order chi connectivity index (χ1) is 23.3. The summed E-state index contributed by atoms with van der Waals surface area (Å²) in [7, 11) is -2.85. The Labute approximate surface area is 286 Å². The van der Waals surface area contributed by atoms with Gasteiger partial charge in [-0.25, -0.2) is 0 Å². The van der Waals surface area contributed by atoms with Gasteiger partial charge in [0.15, 0.2) is 19.7 Å². The Balaban J connectivity index is 1.34. The van der Waals surface area contributed by atoms with Gasteiger partial charge in [-0.2, -0.15) is 0 Å². The summed E-state index contributed by atoms with van der Waals surface area (Å²) in [5, 5.41) is 15.8. The molecule has 10 nitrogen and oxygen atoms in total. The molecule has 0 amide bonds. The molecule has 0 aliphatic heterocycles. The van der Waals surface area contributed by atoms with Gasteiger partial charge in [0.05, 0.1) is 17.8 Å². The Hall–Kier alpha value is -4.58. The molecule has 3 aliphatic rings. The number of pyridine rings is 1. The van der Waals surface area contributed by atoms with E-state index in [-0.39, 0.29) is 46.8 Å². The van der Waals surface area contributed by atoms with Crippen LogP contribution >= 0.6 is 0 Å². The lowest BCUT2D eigenvalue weighted by Gasteiger charge is -2.53. The van der Waals surface area contributed by atoms with Crippen LogP contribution in [0.2, 0.25) is 18.1 Å². The van der Waals surface area contributed by atoms with Gasteiger partial charge in [0.2, 0.25) is 11.6 Å². The largest absolute Gasteiger partial charge is 0.507 e. The maximum Gasteiger partial charge on any atom is 0.265 e. The highest BCUT2D eigenvalue weighted by Crippen LogP contribution is 2.57. The number of carbonyl (C=O) groups excluding carboxylic acids is 2. The molecule has 7 rings (SSSR count). The van der Waals surface area contributed by atoms with Gasteiger partial charge >= 0.3 is 0 Å². The van der Waals surface area contributed by atoms with Crippen molar-refractivity contribution in [3.8, 4) is 11.6 Å². The molecule has 2 heterocycles. The Morgan fingerprint density at radius 1 is 0.939 bits per heavy atom. The highest BCUT2D eigenvalue weighted by Gasteiger charge is 2.68. The Morgan fingerprint density at radius 2 is 1.57 bits per heavy atom. The number of ether oxygens (including phenoxy) is 2. The Morgan fingerprint density at radius 3 is 2.20 bits per heavy atom. The molecular formula is C38H41N3O7Si. The SMILES string of the molecule is CC(C)(C)[Si](C)(C)OC12C(=O)C3=C(O)c4c(cncc4OCc4ccccc4)C[C@H]3C[C@H]1[C@H](N)c1onc(OCc3ccccc3)c1C2=O. The van der Waals surface area contributed by atoms with Crippen molar-refractivity contribution in [2.75, 3.05) is 0 Å². The molecule has 49 heavy (non-hydrogen) atoms. The second-order valence-corrected chi connectivity index (χ2v) is 19.5. The highest BCUT2D eigenvalue weighted by atomic mass is 28.4. The van der Waals surface area contributed by atoms with E-state index in [1.165, 1.54) is 0 Å². The van der Waals surface area contributed by atoms with Crippen LogP contribution in [0.1, 0.15) is 71.6 Å². The summed E-state index contributed by atoms with van der Waals surface area (Å²) >= 11 is 0. The Bertz CT molecular complexity index is 1950. The molecule has 11 heteroatoms. The normalized spacial score (nSPS) is 23.3. The molecule has 2 aromatic carbocycles. The number of hydrogen-bond donors (Lipinski definition) is 2. The van der Waals surface area contributed by atoms with E-state index in [9.17, 15) is 5.11 Å². The number of benzene rings is 2. The summed E-state index contributed by atoms with van der Waals surface area (Å²) in [5.74, 6) is -2.16. The molecule has 1 saturated carbocycles. The summed E-state index contributed by atoms with van der Waals surface area (Å²) < 4.78 is 25.0. The fourth-order valence-electron chi connectivity index (χ4n) is 7.09. The zero-order valence-corrected chi connectivity index (χ0v) is 29.4. The molecule has 3 N–H and O–H groups in total. The molecule has 3 aliphatic carbocycles. The van der Waals surface area contributed by atoms with Crippen LogP contribution < -0.4 is 15.2 Å². The van der Waals surface area contributed by atoms with E-state index in [1.807, 2.05) is 94.5 Å². The molecule has 1 fully saturated rings.